The lowest BCUT2D eigenvalue weighted by atomic mass is 9.73. The lowest BCUT2D eigenvalue weighted by Gasteiger charge is -2.42. The van der Waals surface area contributed by atoms with Crippen LogP contribution in [0.4, 0.5) is 0 Å². The first-order valence-electron chi connectivity index (χ1n) is 8.54. The van der Waals surface area contributed by atoms with Gasteiger partial charge in [0, 0.05) is 26.2 Å². The fraction of sp³-hybridized carbons (Fsp3) is 1.00. The summed E-state index contributed by atoms with van der Waals surface area (Å²) in [4.78, 5) is 2.39. The van der Waals surface area contributed by atoms with Crippen molar-refractivity contribution in [3.63, 3.8) is 0 Å². The fourth-order valence-electron chi connectivity index (χ4n) is 3.70. The summed E-state index contributed by atoms with van der Waals surface area (Å²) in [5.41, 5.74) is 0.369. The molecule has 21 heavy (non-hydrogen) atoms. The Labute approximate surface area is 130 Å². The zero-order valence-electron chi connectivity index (χ0n) is 13.7. The van der Waals surface area contributed by atoms with Gasteiger partial charge in [-0.2, -0.15) is 0 Å². The molecular weight excluding hydrogens is 284 g/mol. The average Bonchev–Trinajstić information content (AvgIpc) is 2.42. The molecule has 2 fully saturated rings. The first kappa shape index (κ1) is 17.2. The van der Waals surface area contributed by atoms with Crippen LogP contribution in [-0.2, 0) is 9.84 Å². The number of hydrogen-bond acceptors (Lipinski definition) is 4. The predicted octanol–water partition coefficient (Wildman–Crippen LogP) is 1.91. The Morgan fingerprint density at radius 1 is 1.10 bits per heavy atom. The minimum atomic E-state index is -2.76. The molecule has 2 aliphatic rings. The van der Waals surface area contributed by atoms with Gasteiger partial charge >= 0.3 is 0 Å². The topological polar surface area (TPSA) is 49.4 Å². The van der Waals surface area contributed by atoms with Gasteiger partial charge in [-0.05, 0) is 30.7 Å². The number of sulfone groups is 1. The van der Waals surface area contributed by atoms with Crippen LogP contribution in [0.2, 0.25) is 0 Å². The normalized spacial score (nSPS) is 26.0. The van der Waals surface area contributed by atoms with Gasteiger partial charge in [0.05, 0.1) is 11.5 Å². The lowest BCUT2D eigenvalue weighted by molar-refractivity contribution is 0.106. The maximum Gasteiger partial charge on any atom is 0.152 e. The van der Waals surface area contributed by atoms with Gasteiger partial charge in [-0.3, -0.25) is 0 Å². The van der Waals surface area contributed by atoms with Crippen LogP contribution < -0.4 is 5.32 Å². The second-order valence-corrected chi connectivity index (χ2v) is 9.82. The van der Waals surface area contributed by atoms with E-state index in [1.807, 2.05) is 0 Å². The van der Waals surface area contributed by atoms with Gasteiger partial charge in [0.1, 0.15) is 0 Å². The Morgan fingerprint density at radius 2 is 1.71 bits per heavy atom. The zero-order chi connectivity index (χ0) is 15.3. The molecule has 1 aliphatic heterocycles. The van der Waals surface area contributed by atoms with Crippen molar-refractivity contribution in [1.82, 2.24) is 10.2 Å². The molecule has 0 aromatic heterocycles. The van der Waals surface area contributed by atoms with Gasteiger partial charge in [-0.15, -0.1) is 0 Å². The number of nitrogens with one attached hydrogen (secondary N) is 1. The summed E-state index contributed by atoms with van der Waals surface area (Å²) < 4.78 is 23.2. The summed E-state index contributed by atoms with van der Waals surface area (Å²) >= 11 is 0. The zero-order valence-corrected chi connectivity index (χ0v) is 14.6. The van der Waals surface area contributed by atoms with Gasteiger partial charge in [-0.25, -0.2) is 8.42 Å². The van der Waals surface area contributed by atoms with E-state index >= 15 is 0 Å². The summed E-state index contributed by atoms with van der Waals surface area (Å²) in [7, 11) is -2.76. The second-order valence-electron chi connectivity index (χ2n) is 7.51. The predicted molar refractivity (Wildman–Crippen MR) is 88.3 cm³/mol. The molecule has 1 saturated carbocycles. The molecule has 0 radical (unpaired) electrons. The van der Waals surface area contributed by atoms with Gasteiger partial charge in [0.2, 0.25) is 0 Å². The van der Waals surface area contributed by atoms with Gasteiger partial charge < -0.3 is 10.2 Å². The van der Waals surface area contributed by atoms with E-state index in [-0.39, 0.29) is 0 Å². The third-order valence-electron chi connectivity index (χ3n) is 4.96. The van der Waals surface area contributed by atoms with Crippen molar-refractivity contribution < 1.29 is 8.42 Å². The van der Waals surface area contributed by atoms with Crippen LogP contribution in [0.25, 0.3) is 0 Å². The smallest absolute Gasteiger partial charge is 0.152 e. The molecule has 1 saturated heterocycles. The first-order valence-corrected chi connectivity index (χ1v) is 10.4. The quantitative estimate of drug-likeness (QED) is 0.813. The van der Waals surface area contributed by atoms with Crippen molar-refractivity contribution in [3.05, 3.63) is 0 Å². The van der Waals surface area contributed by atoms with E-state index in [0.717, 1.165) is 32.7 Å². The monoisotopic (exact) mass is 316 g/mol. The average molecular weight is 317 g/mol. The fourth-order valence-corrected chi connectivity index (χ4v) is 4.98. The number of hydrogen-bond donors (Lipinski definition) is 1. The lowest BCUT2D eigenvalue weighted by Crippen LogP contribution is -2.50. The van der Waals surface area contributed by atoms with Crippen LogP contribution in [0.3, 0.4) is 0 Å². The van der Waals surface area contributed by atoms with Crippen molar-refractivity contribution in [3.8, 4) is 0 Å². The molecule has 0 amide bonds. The van der Waals surface area contributed by atoms with Crippen molar-refractivity contribution in [2.75, 3.05) is 44.2 Å². The van der Waals surface area contributed by atoms with Crippen LogP contribution in [0.5, 0.6) is 0 Å². The van der Waals surface area contributed by atoms with Crippen molar-refractivity contribution in [1.29, 1.82) is 0 Å². The Kier molecular flexibility index (Phi) is 6.09. The summed E-state index contributed by atoms with van der Waals surface area (Å²) in [6, 6.07) is 0. The second kappa shape index (κ2) is 7.42. The maximum absolute atomic E-state index is 11.6. The Morgan fingerprint density at radius 3 is 2.29 bits per heavy atom. The van der Waals surface area contributed by atoms with Crippen LogP contribution in [0.1, 0.15) is 46.0 Å². The van der Waals surface area contributed by atoms with E-state index < -0.39 is 9.84 Å². The molecule has 0 bridgehead atoms. The molecule has 1 N–H and O–H groups in total. The molecule has 4 nitrogen and oxygen atoms in total. The summed E-state index contributed by atoms with van der Waals surface area (Å²) in [6.07, 6.45) is 6.61. The van der Waals surface area contributed by atoms with Crippen molar-refractivity contribution in [2.24, 2.45) is 11.3 Å². The van der Waals surface area contributed by atoms with E-state index in [1.54, 1.807) is 0 Å². The summed E-state index contributed by atoms with van der Waals surface area (Å²) in [5.74, 6) is 1.39. The standard InChI is InChI=1S/C16H32N2O2S/c1-15(2)12-17-13-16(6-4-3-5-7-16)14-18-8-10-21(19,20)11-9-18/h15,17H,3-14H2,1-2H3. The van der Waals surface area contributed by atoms with Gasteiger partial charge in [-0.1, -0.05) is 33.1 Å². The van der Waals surface area contributed by atoms with E-state index in [2.05, 4.69) is 24.1 Å². The number of nitrogens with zero attached hydrogens (tertiary/aromatic N) is 1. The highest BCUT2D eigenvalue weighted by Crippen LogP contribution is 2.36. The van der Waals surface area contributed by atoms with Crippen LogP contribution in [0.15, 0.2) is 0 Å². The van der Waals surface area contributed by atoms with Gasteiger partial charge in [0.15, 0.2) is 9.84 Å². The minimum absolute atomic E-state index is 0.350. The van der Waals surface area contributed by atoms with Crippen LogP contribution in [-0.4, -0.2) is 57.5 Å². The third kappa shape index (κ3) is 5.53. The van der Waals surface area contributed by atoms with Gasteiger partial charge in [0.25, 0.3) is 0 Å². The minimum Gasteiger partial charge on any atom is -0.316 e. The maximum atomic E-state index is 11.6. The molecule has 5 heteroatoms. The summed E-state index contributed by atoms with van der Waals surface area (Å²) in [6.45, 7) is 9.20. The highest BCUT2D eigenvalue weighted by molar-refractivity contribution is 7.91. The molecule has 0 spiro atoms. The molecule has 0 atom stereocenters. The molecule has 0 unspecified atom stereocenters. The van der Waals surface area contributed by atoms with E-state index in [9.17, 15) is 8.42 Å². The first-order chi connectivity index (χ1) is 9.91. The van der Waals surface area contributed by atoms with Crippen molar-refractivity contribution in [2.45, 2.75) is 46.0 Å². The largest absolute Gasteiger partial charge is 0.316 e. The Bertz CT molecular complexity index is 400. The van der Waals surface area contributed by atoms with Crippen molar-refractivity contribution >= 4 is 9.84 Å². The Hall–Kier alpha value is -0.130. The Balaban J connectivity index is 1.89. The van der Waals surface area contributed by atoms with E-state index in [4.69, 9.17) is 0 Å². The molecule has 0 aromatic carbocycles. The molecular formula is C16H32N2O2S. The SMILES string of the molecule is CC(C)CNCC1(CN2CCS(=O)(=O)CC2)CCCCC1. The highest BCUT2D eigenvalue weighted by Gasteiger charge is 2.35. The van der Waals surface area contributed by atoms with E-state index in [1.165, 1.54) is 32.1 Å². The van der Waals surface area contributed by atoms with E-state index in [0.29, 0.717) is 22.8 Å². The summed E-state index contributed by atoms with van der Waals surface area (Å²) in [5, 5.41) is 3.66. The number of rotatable bonds is 6. The molecule has 124 valence electrons. The highest BCUT2D eigenvalue weighted by atomic mass is 32.2. The van der Waals surface area contributed by atoms with Crippen LogP contribution >= 0.6 is 0 Å². The molecule has 1 heterocycles. The molecule has 0 aromatic rings. The third-order valence-corrected chi connectivity index (χ3v) is 6.57. The molecule has 1 aliphatic carbocycles. The molecule has 2 rings (SSSR count). The van der Waals surface area contributed by atoms with Crippen LogP contribution in [0, 0.1) is 11.3 Å².